The molecule has 1 unspecified atom stereocenters. The Hall–Kier alpha value is -0.550. The van der Waals surface area contributed by atoms with Crippen LogP contribution >= 0.6 is 0 Å². The Morgan fingerprint density at radius 2 is 2.08 bits per heavy atom. The van der Waals surface area contributed by atoms with Crippen LogP contribution in [-0.2, 0) is 0 Å². The summed E-state index contributed by atoms with van der Waals surface area (Å²) in [6, 6.07) is 2.15. The number of hydrogen-bond acceptors (Lipinski definition) is 2. The third kappa shape index (κ3) is 7.56. The molecule has 0 heterocycles. The predicted molar refractivity (Wildman–Crippen MR) is 49.5 cm³/mol. The topological polar surface area (TPSA) is 44.0 Å². The average Bonchev–Trinajstić information content (AvgIpc) is 1.84. The number of nitriles is 1. The lowest BCUT2D eigenvalue weighted by Gasteiger charge is -2.17. The Morgan fingerprint density at radius 1 is 1.50 bits per heavy atom. The molecule has 0 fully saturated rings. The van der Waals surface area contributed by atoms with Crippen molar-refractivity contribution in [2.45, 2.75) is 52.1 Å². The van der Waals surface area contributed by atoms with Crippen molar-refractivity contribution in [2.75, 3.05) is 0 Å². The first-order chi connectivity index (χ1) is 5.45. The molecule has 0 rings (SSSR count). The summed E-state index contributed by atoms with van der Waals surface area (Å²) in [6.07, 6.45) is 3.50. The molecule has 0 aliphatic heterocycles. The normalized spacial score (nSPS) is 13.9. The standard InChI is InChI=1S/C10H19NO/c1-9(6-8-11)5-4-7-10(2,3)12/h9,12H,4-7H2,1-3H3. The zero-order valence-corrected chi connectivity index (χ0v) is 8.30. The quantitative estimate of drug-likeness (QED) is 0.687. The second kappa shape index (κ2) is 5.16. The van der Waals surface area contributed by atoms with E-state index in [4.69, 9.17) is 5.26 Å². The number of aliphatic hydroxyl groups is 1. The van der Waals surface area contributed by atoms with Crippen molar-refractivity contribution in [1.82, 2.24) is 0 Å². The molecule has 1 N–H and O–H groups in total. The van der Waals surface area contributed by atoms with E-state index < -0.39 is 5.60 Å². The van der Waals surface area contributed by atoms with Crippen molar-refractivity contribution in [1.29, 1.82) is 5.26 Å². The molecule has 0 aromatic heterocycles. The highest BCUT2D eigenvalue weighted by Crippen LogP contribution is 2.16. The summed E-state index contributed by atoms with van der Waals surface area (Å²) < 4.78 is 0. The van der Waals surface area contributed by atoms with Crippen LogP contribution in [0.25, 0.3) is 0 Å². The smallest absolute Gasteiger partial charge is 0.0624 e. The van der Waals surface area contributed by atoms with Crippen LogP contribution in [0.15, 0.2) is 0 Å². The Bertz CT molecular complexity index is 152. The van der Waals surface area contributed by atoms with Gasteiger partial charge in [-0.2, -0.15) is 5.26 Å². The number of hydrogen-bond donors (Lipinski definition) is 1. The van der Waals surface area contributed by atoms with Crippen LogP contribution in [0.1, 0.15) is 46.5 Å². The van der Waals surface area contributed by atoms with Gasteiger partial charge in [0.25, 0.3) is 0 Å². The molecule has 2 heteroatoms. The van der Waals surface area contributed by atoms with Crippen LogP contribution in [0.5, 0.6) is 0 Å². The summed E-state index contributed by atoms with van der Waals surface area (Å²) in [4.78, 5) is 0. The first-order valence-electron chi connectivity index (χ1n) is 4.55. The van der Waals surface area contributed by atoms with Gasteiger partial charge in [0.05, 0.1) is 11.7 Å². The maximum atomic E-state index is 9.40. The largest absolute Gasteiger partial charge is 0.390 e. The number of nitrogens with zero attached hydrogens (tertiary/aromatic N) is 1. The third-order valence-electron chi connectivity index (χ3n) is 1.93. The predicted octanol–water partition coefficient (Wildman–Crippen LogP) is 2.48. The van der Waals surface area contributed by atoms with Gasteiger partial charge in [-0.15, -0.1) is 0 Å². The molecule has 2 nitrogen and oxygen atoms in total. The summed E-state index contributed by atoms with van der Waals surface area (Å²) in [6.45, 7) is 5.72. The van der Waals surface area contributed by atoms with Gasteiger partial charge in [-0.25, -0.2) is 0 Å². The lowest BCUT2D eigenvalue weighted by Crippen LogP contribution is -2.18. The van der Waals surface area contributed by atoms with Crippen LogP contribution in [0, 0.1) is 17.2 Å². The van der Waals surface area contributed by atoms with Crippen LogP contribution in [0.3, 0.4) is 0 Å². The molecule has 0 amide bonds. The van der Waals surface area contributed by atoms with Gasteiger partial charge in [0, 0.05) is 6.42 Å². The molecule has 1 atom stereocenters. The van der Waals surface area contributed by atoms with Gasteiger partial charge in [-0.05, 0) is 32.6 Å². The summed E-state index contributed by atoms with van der Waals surface area (Å²) in [5.41, 5.74) is -0.549. The SMILES string of the molecule is CC(CC#N)CCCC(C)(C)O. The second-order valence-electron chi connectivity index (χ2n) is 4.17. The van der Waals surface area contributed by atoms with Gasteiger partial charge in [-0.1, -0.05) is 13.3 Å². The molecule has 0 aromatic carbocycles. The Morgan fingerprint density at radius 3 is 2.50 bits per heavy atom. The third-order valence-corrected chi connectivity index (χ3v) is 1.93. The van der Waals surface area contributed by atoms with Crippen LogP contribution in [0.2, 0.25) is 0 Å². The minimum atomic E-state index is -0.549. The van der Waals surface area contributed by atoms with Gasteiger partial charge >= 0.3 is 0 Å². The molecule has 0 saturated carbocycles. The monoisotopic (exact) mass is 169 g/mol. The van der Waals surface area contributed by atoms with Crippen molar-refractivity contribution in [3.05, 3.63) is 0 Å². The van der Waals surface area contributed by atoms with E-state index in [1.165, 1.54) is 0 Å². The van der Waals surface area contributed by atoms with E-state index >= 15 is 0 Å². The van der Waals surface area contributed by atoms with Crippen molar-refractivity contribution < 1.29 is 5.11 Å². The maximum absolute atomic E-state index is 9.40. The van der Waals surface area contributed by atoms with E-state index in [0.717, 1.165) is 19.3 Å². The van der Waals surface area contributed by atoms with E-state index in [1.54, 1.807) is 0 Å². The average molecular weight is 169 g/mol. The molecule has 70 valence electrons. The van der Waals surface area contributed by atoms with Gasteiger partial charge in [0.15, 0.2) is 0 Å². The second-order valence-corrected chi connectivity index (χ2v) is 4.17. The van der Waals surface area contributed by atoms with Gasteiger partial charge in [0.2, 0.25) is 0 Å². The Balaban J connectivity index is 3.38. The zero-order valence-electron chi connectivity index (χ0n) is 8.30. The lowest BCUT2D eigenvalue weighted by atomic mass is 9.96. The molecule has 0 saturated heterocycles. The van der Waals surface area contributed by atoms with Crippen molar-refractivity contribution in [3.8, 4) is 6.07 Å². The van der Waals surface area contributed by atoms with E-state index in [9.17, 15) is 5.11 Å². The van der Waals surface area contributed by atoms with Crippen LogP contribution in [0.4, 0.5) is 0 Å². The lowest BCUT2D eigenvalue weighted by molar-refractivity contribution is 0.0671. The van der Waals surface area contributed by atoms with Crippen LogP contribution < -0.4 is 0 Å². The van der Waals surface area contributed by atoms with Crippen molar-refractivity contribution in [2.24, 2.45) is 5.92 Å². The van der Waals surface area contributed by atoms with E-state index in [2.05, 4.69) is 13.0 Å². The molecular formula is C10H19NO. The maximum Gasteiger partial charge on any atom is 0.0624 e. The van der Waals surface area contributed by atoms with E-state index in [1.807, 2.05) is 13.8 Å². The Kier molecular flexibility index (Phi) is 4.92. The highest BCUT2D eigenvalue weighted by atomic mass is 16.3. The summed E-state index contributed by atoms with van der Waals surface area (Å²) >= 11 is 0. The van der Waals surface area contributed by atoms with Crippen molar-refractivity contribution >= 4 is 0 Å². The van der Waals surface area contributed by atoms with Crippen LogP contribution in [-0.4, -0.2) is 10.7 Å². The molecule has 0 aliphatic rings. The molecular weight excluding hydrogens is 150 g/mol. The molecule has 0 aliphatic carbocycles. The first-order valence-corrected chi connectivity index (χ1v) is 4.55. The fourth-order valence-electron chi connectivity index (χ4n) is 1.14. The minimum absolute atomic E-state index is 0.470. The molecule has 12 heavy (non-hydrogen) atoms. The van der Waals surface area contributed by atoms with Gasteiger partial charge in [0.1, 0.15) is 0 Å². The number of rotatable bonds is 5. The highest BCUT2D eigenvalue weighted by molar-refractivity contribution is 4.74. The Labute approximate surface area is 75.2 Å². The van der Waals surface area contributed by atoms with E-state index in [-0.39, 0.29) is 0 Å². The minimum Gasteiger partial charge on any atom is -0.390 e. The van der Waals surface area contributed by atoms with Gasteiger partial charge < -0.3 is 5.11 Å². The highest BCUT2D eigenvalue weighted by Gasteiger charge is 2.12. The summed E-state index contributed by atoms with van der Waals surface area (Å²) in [5, 5.41) is 17.8. The zero-order chi connectivity index (χ0) is 9.61. The molecule has 0 spiro atoms. The molecule has 0 aromatic rings. The fraction of sp³-hybridized carbons (Fsp3) is 0.900. The molecule has 0 bridgehead atoms. The van der Waals surface area contributed by atoms with E-state index in [0.29, 0.717) is 12.3 Å². The van der Waals surface area contributed by atoms with Crippen molar-refractivity contribution in [3.63, 3.8) is 0 Å². The fourth-order valence-corrected chi connectivity index (χ4v) is 1.14. The molecule has 0 radical (unpaired) electrons. The summed E-state index contributed by atoms with van der Waals surface area (Å²) in [5.74, 6) is 0.470. The summed E-state index contributed by atoms with van der Waals surface area (Å²) in [7, 11) is 0. The first kappa shape index (κ1) is 11.4. The van der Waals surface area contributed by atoms with Gasteiger partial charge in [-0.3, -0.25) is 0 Å².